The molecule has 2 saturated heterocycles. The van der Waals surface area contributed by atoms with E-state index >= 15 is 0 Å². The van der Waals surface area contributed by atoms with Crippen LogP contribution < -0.4 is 5.32 Å². The van der Waals surface area contributed by atoms with Crippen molar-refractivity contribution >= 4 is 23.2 Å². The van der Waals surface area contributed by atoms with Gasteiger partial charge < -0.3 is 15.1 Å². The maximum atomic E-state index is 13.0. The van der Waals surface area contributed by atoms with Gasteiger partial charge in [-0.15, -0.1) is 0 Å². The van der Waals surface area contributed by atoms with Gasteiger partial charge >= 0.3 is 0 Å². The van der Waals surface area contributed by atoms with Crippen LogP contribution in [0.15, 0.2) is 24.3 Å². The molecule has 2 heterocycles. The second-order valence-electron chi connectivity index (χ2n) is 10.6. The molecule has 168 valence electrons. The highest BCUT2D eigenvalue weighted by molar-refractivity contribution is 7.80. The second kappa shape index (κ2) is 9.09. The van der Waals surface area contributed by atoms with Crippen LogP contribution in [-0.4, -0.2) is 53.0 Å². The first-order valence-corrected chi connectivity index (χ1v) is 12.9. The van der Waals surface area contributed by atoms with Gasteiger partial charge in [-0.1, -0.05) is 43.5 Å². The fourth-order valence-electron chi connectivity index (χ4n) is 6.43. The van der Waals surface area contributed by atoms with Gasteiger partial charge in [0.05, 0.1) is 0 Å². The quantitative estimate of drug-likeness (QED) is 0.712. The molecule has 4 nitrogen and oxygen atoms in total. The Morgan fingerprint density at radius 1 is 0.968 bits per heavy atom. The van der Waals surface area contributed by atoms with E-state index in [0.717, 1.165) is 57.0 Å². The Morgan fingerprint density at radius 2 is 1.58 bits per heavy atom. The van der Waals surface area contributed by atoms with Crippen LogP contribution in [0.4, 0.5) is 0 Å². The molecule has 1 N–H and O–H groups in total. The lowest BCUT2D eigenvalue weighted by molar-refractivity contribution is -0.134. The first-order chi connectivity index (χ1) is 15.1. The topological polar surface area (TPSA) is 35.6 Å². The molecule has 0 unspecified atom stereocenters. The number of benzene rings is 1. The molecule has 0 radical (unpaired) electrons. The minimum atomic E-state index is 0.360. The minimum absolute atomic E-state index is 0.360. The summed E-state index contributed by atoms with van der Waals surface area (Å²) < 4.78 is 0. The predicted octanol–water partition coefficient (Wildman–Crippen LogP) is 4.31. The van der Waals surface area contributed by atoms with Crippen molar-refractivity contribution in [2.75, 3.05) is 26.2 Å². The molecule has 1 aromatic carbocycles. The number of likely N-dealkylation sites (tertiary alicyclic amines) is 2. The second-order valence-corrected chi connectivity index (χ2v) is 11.0. The van der Waals surface area contributed by atoms with Crippen LogP contribution in [0.3, 0.4) is 0 Å². The molecule has 2 aliphatic heterocycles. The third-order valence-electron chi connectivity index (χ3n) is 8.43. The van der Waals surface area contributed by atoms with Crippen molar-refractivity contribution < 1.29 is 4.79 Å². The van der Waals surface area contributed by atoms with Gasteiger partial charge in [-0.2, -0.15) is 0 Å². The lowest BCUT2D eigenvalue weighted by Gasteiger charge is -2.40. The molecule has 1 aromatic rings. The molecule has 1 saturated carbocycles. The van der Waals surface area contributed by atoms with Gasteiger partial charge in [-0.05, 0) is 79.6 Å². The van der Waals surface area contributed by atoms with Crippen LogP contribution in [0.5, 0.6) is 0 Å². The number of piperidine rings is 1. The molecule has 3 fully saturated rings. The fourth-order valence-corrected chi connectivity index (χ4v) is 6.75. The molecule has 0 atom stereocenters. The molecule has 1 amide bonds. The van der Waals surface area contributed by atoms with Crippen LogP contribution >= 0.6 is 12.2 Å². The zero-order chi connectivity index (χ0) is 21.3. The van der Waals surface area contributed by atoms with Crippen LogP contribution in [0.2, 0.25) is 0 Å². The van der Waals surface area contributed by atoms with E-state index in [0.29, 0.717) is 29.7 Å². The number of rotatable bonds is 3. The normalized spacial score (nSPS) is 23.9. The van der Waals surface area contributed by atoms with Crippen molar-refractivity contribution in [2.45, 2.75) is 76.7 Å². The number of hydrogen-bond donors (Lipinski definition) is 1. The lowest BCUT2D eigenvalue weighted by Crippen LogP contribution is -2.47. The molecule has 4 aliphatic rings. The molecule has 0 bridgehead atoms. The van der Waals surface area contributed by atoms with E-state index in [1.54, 1.807) is 0 Å². The Balaban J connectivity index is 1.08. The predicted molar refractivity (Wildman–Crippen MR) is 129 cm³/mol. The summed E-state index contributed by atoms with van der Waals surface area (Å²) >= 11 is 5.77. The van der Waals surface area contributed by atoms with Crippen molar-refractivity contribution in [1.82, 2.24) is 15.1 Å². The Morgan fingerprint density at radius 3 is 2.23 bits per heavy atom. The number of amides is 1. The minimum Gasteiger partial charge on any atom is -0.360 e. The van der Waals surface area contributed by atoms with Crippen LogP contribution in [-0.2, 0) is 17.6 Å². The summed E-state index contributed by atoms with van der Waals surface area (Å²) in [6, 6.07) is 9.27. The number of nitrogens with zero attached hydrogens (tertiary/aromatic N) is 2. The van der Waals surface area contributed by atoms with Crippen molar-refractivity contribution in [3.05, 3.63) is 35.4 Å². The fraction of sp³-hybridized carbons (Fsp3) is 0.692. The Labute approximate surface area is 192 Å². The zero-order valence-electron chi connectivity index (χ0n) is 18.8. The lowest BCUT2D eigenvalue weighted by atomic mass is 9.77. The number of thiocarbonyl (C=S) groups is 1. The van der Waals surface area contributed by atoms with E-state index in [-0.39, 0.29) is 0 Å². The Hall–Kier alpha value is -1.62. The third-order valence-corrected chi connectivity index (χ3v) is 8.81. The van der Waals surface area contributed by atoms with Gasteiger partial charge in [0.1, 0.15) is 0 Å². The number of hydrogen-bond acceptors (Lipinski definition) is 2. The SMILES string of the molecule is O=C(CC1Cc2ccccc2C1)N1CCC2(CC1)CCN(C(=S)NC1CCCCC1)C2. The van der Waals surface area contributed by atoms with Crippen molar-refractivity contribution in [2.24, 2.45) is 11.3 Å². The zero-order valence-corrected chi connectivity index (χ0v) is 19.6. The number of nitrogens with one attached hydrogen (secondary N) is 1. The van der Waals surface area contributed by atoms with Crippen LogP contribution in [0, 0.1) is 11.3 Å². The van der Waals surface area contributed by atoms with Crippen molar-refractivity contribution in [1.29, 1.82) is 0 Å². The summed E-state index contributed by atoms with van der Waals surface area (Å²) in [5.41, 5.74) is 3.25. The van der Waals surface area contributed by atoms with Crippen LogP contribution in [0.1, 0.15) is 68.9 Å². The first kappa shape index (κ1) is 21.2. The largest absolute Gasteiger partial charge is 0.360 e. The van der Waals surface area contributed by atoms with Crippen LogP contribution in [0.25, 0.3) is 0 Å². The average Bonchev–Trinajstić information content (AvgIpc) is 3.39. The monoisotopic (exact) mass is 439 g/mol. The number of carbonyl (C=O) groups excluding carboxylic acids is 1. The highest BCUT2D eigenvalue weighted by atomic mass is 32.1. The summed E-state index contributed by atoms with van der Waals surface area (Å²) in [7, 11) is 0. The number of fused-ring (bicyclic) bond motifs is 1. The number of carbonyl (C=O) groups is 1. The molecule has 0 aromatic heterocycles. The summed E-state index contributed by atoms with van der Waals surface area (Å²) in [4.78, 5) is 17.5. The van der Waals surface area contributed by atoms with E-state index in [1.165, 1.54) is 49.7 Å². The molecule has 5 heteroatoms. The van der Waals surface area contributed by atoms with E-state index < -0.39 is 0 Å². The Bertz CT molecular complexity index is 786. The maximum Gasteiger partial charge on any atom is 0.222 e. The van der Waals surface area contributed by atoms with Crippen molar-refractivity contribution in [3.8, 4) is 0 Å². The van der Waals surface area contributed by atoms with E-state index in [4.69, 9.17) is 12.2 Å². The van der Waals surface area contributed by atoms with Gasteiger partial charge in [0.25, 0.3) is 0 Å². The molecule has 5 rings (SSSR count). The van der Waals surface area contributed by atoms with E-state index in [1.807, 2.05) is 0 Å². The standard InChI is InChI=1S/C26H37N3OS/c30-24(18-20-16-21-6-4-5-7-22(21)17-20)28-13-10-26(11-14-28)12-15-29(19-26)25(31)27-23-8-2-1-3-9-23/h4-7,20,23H,1-3,8-19H2,(H,27,31). The molecule has 31 heavy (non-hydrogen) atoms. The molecule has 1 spiro atoms. The summed E-state index contributed by atoms with van der Waals surface area (Å²) in [6.07, 6.45) is 12.9. The van der Waals surface area contributed by atoms with E-state index in [9.17, 15) is 4.79 Å². The van der Waals surface area contributed by atoms with Gasteiger partial charge in [0.2, 0.25) is 5.91 Å². The highest BCUT2D eigenvalue weighted by Gasteiger charge is 2.42. The smallest absolute Gasteiger partial charge is 0.222 e. The van der Waals surface area contributed by atoms with Gasteiger partial charge in [0.15, 0.2) is 5.11 Å². The van der Waals surface area contributed by atoms with Crippen molar-refractivity contribution in [3.63, 3.8) is 0 Å². The Kier molecular flexibility index (Phi) is 6.23. The highest BCUT2D eigenvalue weighted by Crippen LogP contribution is 2.41. The van der Waals surface area contributed by atoms with E-state index in [2.05, 4.69) is 39.4 Å². The summed E-state index contributed by atoms with van der Waals surface area (Å²) in [6.45, 7) is 4.00. The summed E-state index contributed by atoms with van der Waals surface area (Å²) in [5, 5.41) is 4.63. The molecular weight excluding hydrogens is 402 g/mol. The van der Waals surface area contributed by atoms with Gasteiger partial charge in [-0.25, -0.2) is 0 Å². The first-order valence-electron chi connectivity index (χ1n) is 12.5. The molecule has 2 aliphatic carbocycles. The maximum absolute atomic E-state index is 13.0. The third kappa shape index (κ3) is 4.76. The van der Waals surface area contributed by atoms with Gasteiger partial charge in [0, 0.05) is 38.6 Å². The van der Waals surface area contributed by atoms with Gasteiger partial charge in [-0.3, -0.25) is 4.79 Å². The average molecular weight is 440 g/mol. The summed E-state index contributed by atoms with van der Waals surface area (Å²) in [5.74, 6) is 0.864. The molecular formula is C26H37N3OS.